The number of carbonyl (C=O) groups excluding carboxylic acids is 2. The third-order valence-corrected chi connectivity index (χ3v) is 8.54. The van der Waals surface area contributed by atoms with E-state index in [9.17, 15) is 20.2 Å². The molecule has 240 valence electrons. The Kier molecular flexibility index (Phi) is 12.0. The predicted octanol–water partition coefficient (Wildman–Crippen LogP) is 5.15. The highest BCUT2D eigenvalue weighted by atomic mass is 16.6. The Morgan fingerprint density at radius 2 is 1.67 bits per heavy atom. The topological polar surface area (TPSA) is 209 Å². The highest BCUT2D eigenvalue weighted by Crippen LogP contribution is 2.39. The van der Waals surface area contributed by atoms with Crippen LogP contribution in [0.5, 0.6) is 0 Å². The van der Waals surface area contributed by atoms with Crippen LogP contribution in [0.3, 0.4) is 0 Å². The minimum Gasteiger partial charge on any atom is -0.459 e. The number of amides is 1. The first-order chi connectivity index (χ1) is 21.8. The van der Waals surface area contributed by atoms with Crippen LogP contribution in [-0.2, 0) is 32.2 Å². The smallest absolute Gasteiger partial charge is 0.410 e. The van der Waals surface area contributed by atoms with Crippen molar-refractivity contribution < 1.29 is 28.9 Å². The summed E-state index contributed by atoms with van der Waals surface area (Å²) in [4.78, 5) is 33.1. The van der Waals surface area contributed by atoms with Crippen LogP contribution in [0.1, 0.15) is 50.7 Å². The normalized spacial score (nSPS) is 28.4. The van der Waals surface area contributed by atoms with E-state index in [4.69, 9.17) is 25.5 Å². The van der Waals surface area contributed by atoms with E-state index in [2.05, 4.69) is 20.1 Å². The maximum atomic E-state index is 13.7. The van der Waals surface area contributed by atoms with E-state index in [1.165, 1.54) is 6.92 Å². The molecule has 1 amide bonds. The zero-order valence-electron chi connectivity index (χ0n) is 25.4. The Morgan fingerprint density at radius 1 is 1.04 bits per heavy atom. The van der Waals surface area contributed by atoms with E-state index in [0.717, 1.165) is 11.1 Å². The number of hydrogen-bond acceptors (Lipinski definition) is 9. The average Bonchev–Trinajstić information content (AvgIpc) is 3.04. The number of aliphatic hydroxyl groups excluding tert-OH is 1. The molecule has 1 aliphatic carbocycles. The van der Waals surface area contributed by atoms with E-state index in [1.54, 1.807) is 4.90 Å². The summed E-state index contributed by atoms with van der Waals surface area (Å²) in [5, 5.41) is 19.1. The molecule has 2 fully saturated rings. The highest BCUT2D eigenvalue weighted by Gasteiger charge is 2.52. The first-order valence-electron chi connectivity index (χ1n) is 15.1. The second-order valence-corrected chi connectivity index (χ2v) is 11.4. The Morgan fingerprint density at radius 3 is 2.27 bits per heavy atom. The molecular formula is C31H40N8O6. The van der Waals surface area contributed by atoms with Crippen LogP contribution >= 0.6 is 0 Å². The fraction of sp³-hybridized carbons (Fsp3) is 0.548. The summed E-state index contributed by atoms with van der Waals surface area (Å²) < 4.78 is 17.8. The molecule has 45 heavy (non-hydrogen) atoms. The fourth-order valence-corrected chi connectivity index (χ4v) is 6.47. The SMILES string of the molecule is CC[C@@H]([C@@H]1CC[C@@H](N)[C@@H](C2C(N=[N+]=[N-])CC(N=[N+]=[N-])[C@H](OC(C)=O)[C@H]2O)O1)N(Cc1ccccc1)C(=O)OCc1ccccc1. The first-order valence-corrected chi connectivity index (χ1v) is 15.1. The third-order valence-electron chi connectivity index (χ3n) is 8.54. The molecule has 3 N–H and O–H groups in total. The monoisotopic (exact) mass is 620 g/mol. The molecule has 2 aliphatic rings. The first kappa shape index (κ1) is 33.6. The van der Waals surface area contributed by atoms with E-state index in [0.29, 0.717) is 19.3 Å². The van der Waals surface area contributed by atoms with E-state index >= 15 is 0 Å². The molecule has 0 radical (unpaired) electrons. The van der Waals surface area contributed by atoms with Crippen LogP contribution in [0.15, 0.2) is 70.9 Å². The van der Waals surface area contributed by atoms with Gasteiger partial charge >= 0.3 is 12.1 Å². The van der Waals surface area contributed by atoms with Gasteiger partial charge in [0.1, 0.15) is 12.7 Å². The molecule has 14 heteroatoms. The van der Waals surface area contributed by atoms with Gasteiger partial charge in [-0.1, -0.05) is 77.8 Å². The second-order valence-electron chi connectivity index (χ2n) is 11.4. The number of azide groups is 2. The number of benzene rings is 2. The molecule has 9 atom stereocenters. The number of aliphatic hydroxyl groups is 1. The van der Waals surface area contributed by atoms with Gasteiger partial charge in [0, 0.05) is 41.3 Å². The summed E-state index contributed by atoms with van der Waals surface area (Å²) in [6.07, 6.45) is -2.85. The van der Waals surface area contributed by atoms with Crippen LogP contribution in [0.25, 0.3) is 20.9 Å². The van der Waals surface area contributed by atoms with Crippen molar-refractivity contribution in [3.05, 3.63) is 92.7 Å². The molecule has 14 nitrogen and oxygen atoms in total. The lowest BCUT2D eigenvalue weighted by Crippen LogP contribution is -2.63. The van der Waals surface area contributed by atoms with Gasteiger partial charge in [-0.25, -0.2) is 4.79 Å². The molecule has 2 aromatic carbocycles. The molecule has 2 aromatic rings. The van der Waals surface area contributed by atoms with E-state index < -0.39 is 66.6 Å². The fourth-order valence-electron chi connectivity index (χ4n) is 6.47. The molecule has 3 unspecified atom stereocenters. The lowest BCUT2D eigenvalue weighted by Gasteiger charge is -2.49. The van der Waals surface area contributed by atoms with Crippen LogP contribution in [0.4, 0.5) is 4.79 Å². The minimum atomic E-state index is -1.40. The molecule has 1 aliphatic heterocycles. The molecule has 1 heterocycles. The van der Waals surface area contributed by atoms with Gasteiger partial charge in [0.15, 0.2) is 0 Å². The number of hydrogen-bond donors (Lipinski definition) is 2. The van der Waals surface area contributed by atoms with E-state index in [-0.39, 0.29) is 19.6 Å². The molecule has 4 rings (SSSR count). The zero-order valence-corrected chi connectivity index (χ0v) is 25.4. The van der Waals surface area contributed by atoms with Crippen molar-refractivity contribution in [3.8, 4) is 0 Å². The largest absolute Gasteiger partial charge is 0.459 e. The summed E-state index contributed by atoms with van der Waals surface area (Å²) in [5.74, 6) is -1.54. The quantitative estimate of drug-likeness (QED) is 0.149. The molecule has 1 saturated carbocycles. The molecule has 1 saturated heterocycles. The summed E-state index contributed by atoms with van der Waals surface area (Å²) in [7, 11) is 0. The van der Waals surface area contributed by atoms with Crippen molar-refractivity contribution in [2.24, 2.45) is 21.9 Å². The van der Waals surface area contributed by atoms with Crippen molar-refractivity contribution in [2.75, 3.05) is 0 Å². The van der Waals surface area contributed by atoms with Gasteiger partial charge in [-0.05, 0) is 47.9 Å². The van der Waals surface area contributed by atoms with Gasteiger partial charge in [0.05, 0.1) is 30.4 Å². The van der Waals surface area contributed by atoms with Crippen molar-refractivity contribution in [2.45, 2.75) is 101 Å². The number of esters is 1. The van der Waals surface area contributed by atoms with Gasteiger partial charge in [0.2, 0.25) is 0 Å². The molecule has 0 spiro atoms. The number of carbonyl (C=O) groups is 2. The van der Waals surface area contributed by atoms with Crippen LogP contribution in [0.2, 0.25) is 0 Å². The van der Waals surface area contributed by atoms with Gasteiger partial charge in [-0.15, -0.1) is 0 Å². The van der Waals surface area contributed by atoms with E-state index in [1.807, 2.05) is 67.6 Å². The number of ether oxygens (including phenoxy) is 3. The maximum absolute atomic E-state index is 13.7. The summed E-state index contributed by atoms with van der Waals surface area (Å²) >= 11 is 0. The average molecular weight is 621 g/mol. The lowest BCUT2D eigenvalue weighted by molar-refractivity contribution is -0.182. The highest BCUT2D eigenvalue weighted by molar-refractivity contribution is 5.68. The van der Waals surface area contributed by atoms with Crippen molar-refractivity contribution in [1.29, 1.82) is 0 Å². The van der Waals surface area contributed by atoms with Crippen LogP contribution in [0, 0.1) is 5.92 Å². The maximum Gasteiger partial charge on any atom is 0.410 e. The Hall–Kier alpha value is -4.32. The number of rotatable bonds is 11. The van der Waals surface area contributed by atoms with Crippen molar-refractivity contribution in [3.63, 3.8) is 0 Å². The Bertz CT molecular complexity index is 1370. The molecule has 0 aromatic heterocycles. The van der Waals surface area contributed by atoms with Gasteiger partial charge < -0.3 is 25.1 Å². The van der Waals surface area contributed by atoms with Gasteiger partial charge in [0.25, 0.3) is 0 Å². The number of nitrogens with zero attached hydrogens (tertiary/aromatic N) is 7. The second kappa shape index (κ2) is 16.1. The molecular weight excluding hydrogens is 580 g/mol. The Balaban J connectivity index is 1.62. The standard InChI is InChI=1S/C31H40N8O6/c1-3-25(39(17-20-10-6-4-7-11-20)31(42)43-18-21-12-8-5-9-13-21)26-15-14-22(32)29(45-26)27-23(35-37-33)16-24(36-38-34)30(28(27)41)44-19(2)40/h4-13,22-30,41H,3,14-18,32H2,1-2H3/t22-,23?,24?,25+,26+,27?,28+,29+,30+/m1/s1. The number of nitrogens with two attached hydrogens (primary N) is 1. The summed E-state index contributed by atoms with van der Waals surface area (Å²) in [6.45, 7) is 3.53. The lowest BCUT2D eigenvalue weighted by atomic mass is 9.72. The summed E-state index contributed by atoms with van der Waals surface area (Å²) in [6, 6.07) is 16.2. The molecule has 0 bridgehead atoms. The van der Waals surface area contributed by atoms with Gasteiger partial charge in [-0.3, -0.25) is 9.69 Å². The van der Waals surface area contributed by atoms with Crippen LogP contribution in [-0.4, -0.2) is 70.7 Å². The van der Waals surface area contributed by atoms with Gasteiger partial charge in [-0.2, -0.15) is 0 Å². The minimum absolute atomic E-state index is 0.0220. The predicted molar refractivity (Wildman–Crippen MR) is 164 cm³/mol. The van der Waals surface area contributed by atoms with Crippen molar-refractivity contribution >= 4 is 12.1 Å². The van der Waals surface area contributed by atoms with Crippen molar-refractivity contribution in [1.82, 2.24) is 4.90 Å². The van der Waals surface area contributed by atoms with Crippen LogP contribution < -0.4 is 5.73 Å². The zero-order chi connectivity index (χ0) is 32.3. The third kappa shape index (κ3) is 8.44. The summed E-state index contributed by atoms with van der Waals surface area (Å²) in [5.41, 5.74) is 26.8. The Labute approximate surface area is 261 Å².